The highest BCUT2D eigenvalue weighted by Gasteiger charge is 2.52. The van der Waals surface area contributed by atoms with Crippen LogP contribution in [0.25, 0.3) is 0 Å². The van der Waals surface area contributed by atoms with Gasteiger partial charge in [-0.05, 0) is 49.6 Å². The normalized spacial score (nSPS) is 22.4. The highest BCUT2D eigenvalue weighted by molar-refractivity contribution is 5.95. The molecule has 5 nitrogen and oxygen atoms in total. The molecular formula is C22H27N2O3+. The maximum Gasteiger partial charge on any atom is 0.271 e. The Bertz CT molecular complexity index is 850. The summed E-state index contributed by atoms with van der Waals surface area (Å²) in [5, 5.41) is 11.9. The van der Waals surface area contributed by atoms with Crippen molar-refractivity contribution in [1.29, 1.82) is 0 Å². The van der Waals surface area contributed by atoms with Crippen LogP contribution in [-0.4, -0.2) is 42.8 Å². The lowest BCUT2D eigenvalue weighted by Crippen LogP contribution is -2.41. The molecule has 0 fully saturated rings. The molecule has 0 saturated heterocycles. The van der Waals surface area contributed by atoms with Gasteiger partial charge in [-0.3, -0.25) is 0 Å². The van der Waals surface area contributed by atoms with Crippen molar-refractivity contribution in [3.63, 3.8) is 0 Å². The second kappa shape index (κ2) is 7.24. The number of anilines is 1. The molecule has 0 unspecified atom stereocenters. The fourth-order valence-corrected chi connectivity index (χ4v) is 4.25. The molecule has 0 aromatic heterocycles. The van der Waals surface area contributed by atoms with Gasteiger partial charge >= 0.3 is 0 Å². The predicted molar refractivity (Wildman–Crippen MR) is 106 cm³/mol. The van der Waals surface area contributed by atoms with E-state index in [-0.39, 0.29) is 0 Å². The number of ether oxygens (including phenoxy) is 2. The van der Waals surface area contributed by atoms with Gasteiger partial charge in [-0.2, -0.15) is 0 Å². The first kappa shape index (κ1) is 17.9. The molecular weight excluding hydrogens is 340 g/mol. The van der Waals surface area contributed by atoms with E-state index < -0.39 is 5.72 Å². The molecule has 0 aliphatic carbocycles. The Hall–Kier alpha value is -2.53. The van der Waals surface area contributed by atoms with E-state index in [1.165, 1.54) is 12.3 Å². The first-order valence-electron chi connectivity index (χ1n) is 9.58. The summed E-state index contributed by atoms with van der Waals surface area (Å²) in [6, 6.07) is 16.0. The van der Waals surface area contributed by atoms with Crippen molar-refractivity contribution in [2.24, 2.45) is 0 Å². The molecule has 0 amide bonds. The average molecular weight is 367 g/mol. The quantitative estimate of drug-likeness (QED) is 0.842. The molecule has 2 aromatic carbocycles. The van der Waals surface area contributed by atoms with Gasteiger partial charge in [-0.15, -0.1) is 0 Å². The number of aliphatic hydroxyl groups is 1. The van der Waals surface area contributed by atoms with Crippen LogP contribution < -0.4 is 14.4 Å². The van der Waals surface area contributed by atoms with Crippen LogP contribution in [0.1, 0.15) is 31.2 Å². The molecule has 0 bridgehead atoms. The molecule has 0 radical (unpaired) electrons. The van der Waals surface area contributed by atoms with Crippen molar-refractivity contribution >= 4 is 11.5 Å². The van der Waals surface area contributed by atoms with Crippen LogP contribution in [-0.2, 0) is 5.72 Å². The molecule has 5 heteroatoms. The molecule has 2 aliphatic rings. The van der Waals surface area contributed by atoms with Gasteiger partial charge in [-0.1, -0.05) is 18.2 Å². The highest BCUT2D eigenvalue weighted by atomic mass is 16.5. The lowest BCUT2D eigenvalue weighted by Gasteiger charge is -2.24. The molecule has 0 spiro atoms. The second-order valence-electron chi connectivity index (χ2n) is 7.19. The first-order chi connectivity index (χ1) is 13.2. The van der Waals surface area contributed by atoms with E-state index in [0.717, 1.165) is 37.1 Å². The summed E-state index contributed by atoms with van der Waals surface area (Å²) in [5.74, 6) is 2.51. The zero-order valence-corrected chi connectivity index (χ0v) is 16.0. The molecule has 27 heavy (non-hydrogen) atoms. The van der Waals surface area contributed by atoms with Gasteiger partial charge in [0.2, 0.25) is 0 Å². The van der Waals surface area contributed by atoms with Gasteiger partial charge in [0.05, 0.1) is 20.8 Å². The maximum atomic E-state index is 11.9. The monoisotopic (exact) mass is 367 g/mol. The number of methoxy groups -OCH3 is 2. The first-order valence-corrected chi connectivity index (χ1v) is 9.58. The Morgan fingerprint density at radius 2 is 1.74 bits per heavy atom. The summed E-state index contributed by atoms with van der Waals surface area (Å²) < 4.78 is 13.0. The number of hydrogen-bond donors (Lipinski definition) is 1. The van der Waals surface area contributed by atoms with Crippen LogP contribution in [0, 0.1) is 0 Å². The molecule has 142 valence electrons. The Morgan fingerprint density at radius 3 is 2.48 bits per heavy atom. The van der Waals surface area contributed by atoms with E-state index in [2.05, 4.69) is 21.6 Å². The van der Waals surface area contributed by atoms with Crippen LogP contribution in [0.3, 0.4) is 0 Å². The van der Waals surface area contributed by atoms with E-state index in [1.807, 2.05) is 36.4 Å². The molecule has 0 saturated carbocycles. The number of β-amino-alcohol motifs (C(OH)–C–C–N with tert-alkyl or cyclic N) is 1. The second-order valence-corrected chi connectivity index (χ2v) is 7.19. The Morgan fingerprint density at radius 1 is 0.963 bits per heavy atom. The fraction of sp³-hybridized carbons (Fsp3) is 0.409. The molecule has 4 rings (SSSR count). The smallest absolute Gasteiger partial charge is 0.271 e. The maximum absolute atomic E-state index is 11.9. The number of nitrogens with zero attached hydrogens (tertiary/aromatic N) is 2. The zero-order chi connectivity index (χ0) is 18.9. The standard InChI is InChI=1S/C22H27N2O3/c1-26-19-13-12-17(15-20(19)27-2)22(25)16-23(18-9-5-3-6-10-18)21-11-7-4-8-14-24(21)22/h3,5-6,9-10,12-13,15,25H,4,7-8,11,14,16H2,1-2H3/q+1/t22-/m0/s1. The van der Waals surface area contributed by atoms with E-state index in [4.69, 9.17) is 9.47 Å². The third-order valence-electron chi connectivity index (χ3n) is 5.64. The van der Waals surface area contributed by atoms with Gasteiger partial charge in [-0.25, -0.2) is 9.48 Å². The van der Waals surface area contributed by atoms with Crippen molar-refractivity contribution < 1.29 is 19.2 Å². The van der Waals surface area contributed by atoms with Gasteiger partial charge in [0, 0.05) is 12.0 Å². The molecule has 2 aromatic rings. The number of para-hydroxylation sites is 1. The lowest BCUT2D eigenvalue weighted by atomic mass is 10.0. The molecule has 2 aliphatic heterocycles. The summed E-state index contributed by atoms with van der Waals surface area (Å²) in [6.07, 6.45) is 4.40. The third-order valence-corrected chi connectivity index (χ3v) is 5.64. The van der Waals surface area contributed by atoms with Crippen LogP contribution in [0.2, 0.25) is 0 Å². The van der Waals surface area contributed by atoms with Gasteiger partial charge in [0.1, 0.15) is 5.69 Å². The number of benzene rings is 2. The Balaban J connectivity index is 1.81. The SMILES string of the molecule is COc1ccc([C@@]2(O)CN(c3ccccc3)C3=[N+]2CCCCC3)cc1OC. The van der Waals surface area contributed by atoms with Gasteiger partial charge < -0.3 is 14.6 Å². The molecule has 2 heterocycles. The van der Waals surface area contributed by atoms with Crippen molar-refractivity contribution in [3.05, 3.63) is 54.1 Å². The van der Waals surface area contributed by atoms with Crippen LogP contribution in [0.15, 0.2) is 48.5 Å². The van der Waals surface area contributed by atoms with Gasteiger partial charge in [0.15, 0.2) is 18.0 Å². The average Bonchev–Trinajstić information content (AvgIpc) is 2.87. The van der Waals surface area contributed by atoms with E-state index in [0.29, 0.717) is 18.0 Å². The number of hydrogen-bond acceptors (Lipinski definition) is 4. The summed E-state index contributed by atoms with van der Waals surface area (Å²) >= 11 is 0. The molecule has 1 N–H and O–H groups in total. The number of amidine groups is 1. The van der Waals surface area contributed by atoms with E-state index >= 15 is 0 Å². The fourth-order valence-electron chi connectivity index (χ4n) is 4.25. The van der Waals surface area contributed by atoms with Gasteiger partial charge in [0.25, 0.3) is 11.6 Å². The van der Waals surface area contributed by atoms with Crippen LogP contribution in [0.4, 0.5) is 5.69 Å². The van der Waals surface area contributed by atoms with Crippen molar-refractivity contribution in [1.82, 2.24) is 0 Å². The largest absolute Gasteiger partial charge is 0.493 e. The topological polar surface area (TPSA) is 44.9 Å². The minimum atomic E-state index is -1.09. The summed E-state index contributed by atoms with van der Waals surface area (Å²) in [5.41, 5.74) is 0.864. The summed E-state index contributed by atoms with van der Waals surface area (Å²) in [6.45, 7) is 1.35. The van der Waals surface area contributed by atoms with E-state index in [9.17, 15) is 5.11 Å². The Labute approximate surface area is 160 Å². The summed E-state index contributed by atoms with van der Waals surface area (Å²) in [7, 11) is 3.25. The minimum absolute atomic E-state index is 0.502. The van der Waals surface area contributed by atoms with Crippen LogP contribution >= 0.6 is 0 Å². The van der Waals surface area contributed by atoms with Crippen molar-refractivity contribution in [2.75, 3.05) is 32.2 Å². The zero-order valence-electron chi connectivity index (χ0n) is 16.0. The third kappa shape index (κ3) is 3.06. The van der Waals surface area contributed by atoms with Crippen LogP contribution in [0.5, 0.6) is 11.5 Å². The summed E-state index contributed by atoms with van der Waals surface area (Å²) in [4.78, 5) is 2.27. The highest BCUT2D eigenvalue weighted by Crippen LogP contribution is 2.38. The predicted octanol–water partition coefficient (Wildman–Crippen LogP) is 3.35. The van der Waals surface area contributed by atoms with Crippen molar-refractivity contribution in [2.45, 2.75) is 31.4 Å². The lowest BCUT2D eigenvalue weighted by molar-refractivity contribution is -0.658. The minimum Gasteiger partial charge on any atom is -0.493 e. The Kier molecular flexibility index (Phi) is 4.79. The van der Waals surface area contributed by atoms with E-state index in [1.54, 1.807) is 14.2 Å². The molecule has 1 atom stereocenters. The number of rotatable bonds is 4. The van der Waals surface area contributed by atoms with Crippen molar-refractivity contribution in [3.8, 4) is 11.5 Å².